The molecule has 62 valence electrons. The standard InChI is InChI=1S/C9H14O2/c1-7-3-5-8(6-4-7)9(10)11-2/h8H,1,3-6H2,2H3. The molecule has 0 radical (unpaired) electrons. The predicted molar refractivity (Wildman–Crippen MR) is 43.1 cm³/mol. The highest BCUT2D eigenvalue weighted by molar-refractivity contribution is 5.72. The second kappa shape index (κ2) is 3.56. The first-order valence-electron chi connectivity index (χ1n) is 3.98. The van der Waals surface area contributed by atoms with E-state index in [9.17, 15) is 4.79 Å². The lowest BCUT2D eigenvalue weighted by Crippen LogP contribution is -2.19. The van der Waals surface area contributed by atoms with Gasteiger partial charge < -0.3 is 4.74 Å². The van der Waals surface area contributed by atoms with E-state index < -0.39 is 0 Å². The second-order valence-corrected chi connectivity index (χ2v) is 3.05. The normalized spacial score (nSPS) is 19.9. The minimum Gasteiger partial charge on any atom is -0.469 e. The van der Waals surface area contributed by atoms with Crippen molar-refractivity contribution in [1.29, 1.82) is 0 Å². The van der Waals surface area contributed by atoms with Gasteiger partial charge in [-0.1, -0.05) is 12.2 Å². The Morgan fingerprint density at radius 3 is 2.55 bits per heavy atom. The van der Waals surface area contributed by atoms with Crippen LogP contribution in [0.4, 0.5) is 0 Å². The van der Waals surface area contributed by atoms with Crippen molar-refractivity contribution >= 4 is 5.97 Å². The highest BCUT2D eigenvalue weighted by Gasteiger charge is 2.22. The third-order valence-electron chi connectivity index (χ3n) is 2.23. The third kappa shape index (κ3) is 2.07. The summed E-state index contributed by atoms with van der Waals surface area (Å²) < 4.78 is 4.66. The van der Waals surface area contributed by atoms with E-state index in [1.54, 1.807) is 0 Å². The van der Waals surface area contributed by atoms with Crippen molar-refractivity contribution in [3.63, 3.8) is 0 Å². The Kier molecular flexibility index (Phi) is 2.69. The number of esters is 1. The fourth-order valence-electron chi connectivity index (χ4n) is 1.43. The fourth-order valence-corrected chi connectivity index (χ4v) is 1.43. The molecule has 1 aliphatic rings. The molecule has 0 aromatic carbocycles. The van der Waals surface area contributed by atoms with Crippen LogP contribution in [0.25, 0.3) is 0 Å². The molecule has 0 aliphatic heterocycles. The van der Waals surface area contributed by atoms with Crippen molar-refractivity contribution in [2.75, 3.05) is 7.11 Å². The van der Waals surface area contributed by atoms with E-state index in [1.807, 2.05) is 0 Å². The minimum atomic E-state index is -0.0579. The Morgan fingerprint density at radius 2 is 2.09 bits per heavy atom. The van der Waals surface area contributed by atoms with Gasteiger partial charge in [-0.2, -0.15) is 0 Å². The van der Waals surface area contributed by atoms with Crippen LogP contribution >= 0.6 is 0 Å². The first-order chi connectivity index (χ1) is 5.24. The monoisotopic (exact) mass is 154 g/mol. The largest absolute Gasteiger partial charge is 0.469 e. The molecule has 0 unspecified atom stereocenters. The number of hydrogen-bond acceptors (Lipinski definition) is 2. The number of ether oxygens (including phenoxy) is 1. The summed E-state index contributed by atoms with van der Waals surface area (Å²) in [6.07, 6.45) is 3.82. The number of allylic oxidation sites excluding steroid dienone is 1. The van der Waals surface area contributed by atoms with Crippen LogP contribution in [0.5, 0.6) is 0 Å². The Hall–Kier alpha value is -0.790. The summed E-state index contributed by atoms with van der Waals surface area (Å²) in [4.78, 5) is 11.0. The molecule has 0 spiro atoms. The predicted octanol–water partition coefficient (Wildman–Crippen LogP) is 1.91. The Morgan fingerprint density at radius 1 is 1.55 bits per heavy atom. The lowest BCUT2D eigenvalue weighted by molar-refractivity contribution is -0.146. The Balaban J connectivity index is 2.39. The zero-order chi connectivity index (χ0) is 8.27. The average molecular weight is 154 g/mol. The van der Waals surface area contributed by atoms with E-state index in [-0.39, 0.29) is 11.9 Å². The van der Waals surface area contributed by atoms with Gasteiger partial charge in [0.2, 0.25) is 0 Å². The molecular weight excluding hydrogens is 140 g/mol. The van der Waals surface area contributed by atoms with Gasteiger partial charge in [-0.25, -0.2) is 0 Å². The first-order valence-corrected chi connectivity index (χ1v) is 3.98. The van der Waals surface area contributed by atoms with Gasteiger partial charge in [-0.15, -0.1) is 0 Å². The van der Waals surface area contributed by atoms with E-state index in [4.69, 9.17) is 0 Å². The molecule has 1 rings (SSSR count). The highest BCUT2D eigenvalue weighted by atomic mass is 16.5. The molecule has 0 saturated heterocycles. The maximum Gasteiger partial charge on any atom is 0.308 e. The number of methoxy groups -OCH3 is 1. The van der Waals surface area contributed by atoms with Crippen molar-refractivity contribution < 1.29 is 9.53 Å². The van der Waals surface area contributed by atoms with Crippen LogP contribution in [0.15, 0.2) is 12.2 Å². The van der Waals surface area contributed by atoms with E-state index >= 15 is 0 Å². The molecule has 2 heteroatoms. The van der Waals surface area contributed by atoms with Gasteiger partial charge >= 0.3 is 5.97 Å². The van der Waals surface area contributed by atoms with Crippen molar-refractivity contribution in [1.82, 2.24) is 0 Å². The number of carbonyl (C=O) groups excluding carboxylic acids is 1. The van der Waals surface area contributed by atoms with Gasteiger partial charge in [0, 0.05) is 0 Å². The summed E-state index contributed by atoms with van der Waals surface area (Å²) in [5.41, 5.74) is 1.27. The van der Waals surface area contributed by atoms with Crippen molar-refractivity contribution in [2.45, 2.75) is 25.7 Å². The van der Waals surface area contributed by atoms with E-state index in [0.717, 1.165) is 25.7 Å². The molecule has 2 nitrogen and oxygen atoms in total. The molecule has 0 bridgehead atoms. The lowest BCUT2D eigenvalue weighted by atomic mass is 9.87. The summed E-state index contributed by atoms with van der Waals surface area (Å²) >= 11 is 0. The maximum atomic E-state index is 11.0. The van der Waals surface area contributed by atoms with Gasteiger partial charge in [0.1, 0.15) is 0 Å². The summed E-state index contributed by atoms with van der Waals surface area (Å²) in [6, 6.07) is 0. The summed E-state index contributed by atoms with van der Waals surface area (Å²) in [6.45, 7) is 3.88. The number of rotatable bonds is 1. The highest BCUT2D eigenvalue weighted by Crippen LogP contribution is 2.27. The number of hydrogen-bond donors (Lipinski definition) is 0. The molecule has 0 amide bonds. The number of carbonyl (C=O) groups is 1. The molecule has 1 fully saturated rings. The average Bonchev–Trinajstić information content (AvgIpc) is 2.05. The fraction of sp³-hybridized carbons (Fsp3) is 0.667. The van der Waals surface area contributed by atoms with Crippen molar-refractivity contribution in [2.24, 2.45) is 5.92 Å². The molecule has 0 aromatic rings. The van der Waals surface area contributed by atoms with Crippen LogP contribution < -0.4 is 0 Å². The van der Waals surface area contributed by atoms with Gasteiger partial charge in [0.25, 0.3) is 0 Å². The van der Waals surface area contributed by atoms with Crippen LogP contribution in [0.2, 0.25) is 0 Å². The maximum absolute atomic E-state index is 11.0. The first kappa shape index (κ1) is 8.31. The van der Waals surface area contributed by atoms with Crippen LogP contribution in [0.3, 0.4) is 0 Å². The zero-order valence-corrected chi connectivity index (χ0v) is 6.93. The molecule has 0 N–H and O–H groups in total. The second-order valence-electron chi connectivity index (χ2n) is 3.05. The summed E-state index contributed by atoms with van der Waals surface area (Å²) in [5, 5.41) is 0. The van der Waals surface area contributed by atoms with Crippen LogP contribution in [0, 0.1) is 5.92 Å². The van der Waals surface area contributed by atoms with E-state index in [2.05, 4.69) is 11.3 Å². The SMILES string of the molecule is C=C1CCC(C(=O)OC)CC1. The topological polar surface area (TPSA) is 26.3 Å². The van der Waals surface area contributed by atoms with Crippen molar-refractivity contribution in [3.8, 4) is 0 Å². The van der Waals surface area contributed by atoms with Crippen LogP contribution in [-0.2, 0) is 9.53 Å². The summed E-state index contributed by atoms with van der Waals surface area (Å²) in [7, 11) is 1.45. The van der Waals surface area contributed by atoms with Crippen LogP contribution in [-0.4, -0.2) is 13.1 Å². The Labute approximate surface area is 67.2 Å². The molecule has 0 atom stereocenters. The molecular formula is C9H14O2. The minimum absolute atomic E-state index is 0.0579. The molecule has 0 aromatic heterocycles. The molecule has 1 aliphatic carbocycles. The Bertz CT molecular complexity index is 162. The quantitative estimate of drug-likeness (QED) is 0.426. The van der Waals surface area contributed by atoms with Gasteiger partial charge in [-0.05, 0) is 25.7 Å². The zero-order valence-electron chi connectivity index (χ0n) is 6.93. The van der Waals surface area contributed by atoms with E-state index in [1.165, 1.54) is 12.7 Å². The smallest absolute Gasteiger partial charge is 0.308 e. The molecule has 0 heterocycles. The van der Waals surface area contributed by atoms with E-state index in [0.29, 0.717) is 0 Å². The molecule has 1 saturated carbocycles. The van der Waals surface area contributed by atoms with Gasteiger partial charge in [-0.3, -0.25) is 4.79 Å². The summed E-state index contributed by atoms with van der Waals surface area (Å²) in [5.74, 6) is 0.0722. The lowest BCUT2D eigenvalue weighted by Gasteiger charge is -2.20. The van der Waals surface area contributed by atoms with Crippen LogP contribution in [0.1, 0.15) is 25.7 Å². The van der Waals surface area contributed by atoms with Crippen molar-refractivity contribution in [3.05, 3.63) is 12.2 Å². The molecule has 11 heavy (non-hydrogen) atoms. The third-order valence-corrected chi connectivity index (χ3v) is 2.23. The van der Waals surface area contributed by atoms with Gasteiger partial charge in [0.15, 0.2) is 0 Å². The van der Waals surface area contributed by atoms with Gasteiger partial charge in [0.05, 0.1) is 13.0 Å².